The van der Waals surface area contributed by atoms with Gasteiger partial charge in [-0.2, -0.15) is 0 Å². The van der Waals surface area contributed by atoms with Crippen LogP contribution in [0.4, 0.5) is 0 Å². The van der Waals surface area contributed by atoms with Crippen LogP contribution in [0.5, 0.6) is 0 Å². The van der Waals surface area contributed by atoms with Crippen molar-refractivity contribution in [2.45, 2.75) is 44.2 Å². The highest BCUT2D eigenvalue weighted by Gasteiger charge is 2.51. The maximum absolute atomic E-state index is 11.6. The zero-order valence-electron chi connectivity index (χ0n) is 20.3. The van der Waals surface area contributed by atoms with E-state index in [0.29, 0.717) is 38.1 Å². The minimum atomic E-state index is -0.741. The van der Waals surface area contributed by atoms with Crippen molar-refractivity contribution < 1.29 is 19.5 Å². The molecule has 0 radical (unpaired) electrons. The molecule has 0 aliphatic heterocycles. The molecule has 1 aliphatic carbocycles. The smallest absolute Gasteiger partial charge is 0.314 e. The first-order valence-corrected chi connectivity index (χ1v) is 12.3. The molecule has 0 spiro atoms. The summed E-state index contributed by atoms with van der Waals surface area (Å²) >= 11 is 0. The highest BCUT2D eigenvalue weighted by Crippen LogP contribution is 2.48. The van der Waals surface area contributed by atoms with E-state index >= 15 is 0 Å². The van der Waals surface area contributed by atoms with Crippen LogP contribution in [0.2, 0.25) is 0 Å². The molecular formula is C30H30N2O4. The van der Waals surface area contributed by atoms with Crippen LogP contribution >= 0.6 is 0 Å². The Bertz CT molecular complexity index is 1320. The van der Waals surface area contributed by atoms with Gasteiger partial charge in [-0.3, -0.25) is 4.79 Å². The third kappa shape index (κ3) is 4.96. The standard InChI is InChI=1S/C30H30N2O4/c1-20-27(17-26(33)19-31-18-21-5-3-2-4-6-21)28(36-32-20)24-9-7-22(8-10-24)23-11-13-25(14-12-23)30(15-16-30)29(34)35/h2-14,26,31,33H,15-19H2,1H3,(H,34,35). The van der Waals surface area contributed by atoms with E-state index in [-0.39, 0.29) is 0 Å². The Morgan fingerprint density at radius 1 is 0.972 bits per heavy atom. The van der Waals surface area contributed by atoms with E-state index in [0.717, 1.165) is 33.5 Å². The molecule has 6 nitrogen and oxygen atoms in total. The Balaban J connectivity index is 1.25. The molecule has 0 bridgehead atoms. The van der Waals surface area contributed by atoms with Crippen molar-refractivity contribution in [3.05, 3.63) is 101 Å². The summed E-state index contributed by atoms with van der Waals surface area (Å²) in [7, 11) is 0. The van der Waals surface area contributed by atoms with Crippen molar-refractivity contribution in [2.24, 2.45) is 0 Å². The van der Waals surface area contributed by atoms with Gasteiger partial charge in [-0.1, -0.05) is 84.0 Å². The molecule has 1 aromatic heterocycles. The lowest BCUT2D eigenvalue weighted by atomic mass is 9.93. The quantitative estimate of drug-likeness (QED) is 0.290. The van der Waals surface area contributed by atoms with Crippen molar-refractivity contribution in [2.75, 3.05) is 6.54 Å². The van der Waals surface area contributed by atoms with Crippen molar-refractivity contribution in [1.82, 2.24) is 10.5 Å². The van der Waals surface area contributed by atoms with E-state index in [1.165, 1.54) is 5.56 Å². The fraction of sp³-hybridized carbons (Fsp3) is 0.267. The normalized spacial score (nSPS) is 14.9. The molecule has 1 saturated carbocycles. The number of rotatable bonds is 10. The lowest BCUT2D eigenvalue weighted by molar-refractivity contribution is -0.140. The van der Waals surface area contributed by atoms with Gasteiger partial charge in [-0.05, 0) is 42.0 Å². The Labute approximate surface area is 210 Å². The maximum atomic E-state index is 11.6. The number of aryl methyl sites for hydroxylation is 1. The van der Waals surface area contributed by atoms with Crippen LogP contribution in [0.15, 0.2) is 83.4 Å². The number of aliphatic hydroxyl groups excluding tert-OH is 1. The molecular weight excluding hydrogens is 452 g/mol. The summed E-state index contributed by atoms with van der Waals surface area (Å²) in [5, 5.41) is 27.6. The summed E-state index contributed by atoms with van der Waals surface area (Å²) < 4.78 is 5.65. The molecule has 1 heterocycles. The number of benzene rings is 3. The van der Waals surface area contributed by atoms with Crippen LogP contribution in [0.25, 0.3) is 22.5 Å². The van der Waals surface area contributed by atoms with E-state index in [1.54, 1.807) is 0 Å². The molecule has 3 aromatic carbocycles. The molecule has 0 saturated heterocycles. The summed E-state index contributed by atoms with van der Waals surface area (Å²) in [6.45, 7) is 3.07. The summed E-state index contributed by atoms with van der Waals surface area (Å²) in [4.78, 5) is 11.6. The number of carbonyl (C=O) groups is 1. The zero-order chi connectivity index (χ0) is 25.1. The summed E-state index contributed by atoms with van der Waals surface area (Å²) in [6, 6.07) is 25.9. The first kappa shape index (κ1) is 24.0. The predicted molar refractivity (Wildman–Crippen MR) is 139 cm³/mol. The molecule has 1 aliphatic rings. The van der Waals surface area contributed by atoms with Gasteiger partial charge < -0.3 is 20.1 Å². The molecule has 3 N–H and O–H groups in total. The highest BCUT2D eigenvalue weighted by molar-refractivity contribution is 5.85. The first-order valence-electron chi connectivity index (χ1n) is 12.3. The van der Waals surface area contributed by atoms with Gasteiger partial charge in [0.2, 0.25) is 0 Å². The van der Waals surface area contributed by atoms with Gasteiger partial charge in [0, 0.05) is 30.6 Å². The monoisotopic (exact) mass is 482 g/mol. The average Bonchev–Trinajstić information content (AvgIpc) is 3.64. The fourth-order valence-corrected chi connectivity index (χ4v) is 4.69. The van der Waals surface area contributed by atoms with Gasteiger partial charge in [0.25, 0.3) is 0 Å². The Morgan fingerprint density at radius 3 is 2.19 bits per heavy atom. The lowest BCUT2D eigenvalue weighted by Gasteiger charge is -2.13. The molecule has 1 fully saturated rings. The van der Waals surface area contributed by atoms with Crippen molar-refractivity contribution >= 4 is 5.97 Å². The van der Waals surface area contributed by atoms with Crippen LogP contribution in [0.3, 0.4) is 0 Å². The molecule has 36 heavy (non-hydrogen) atoms. The molecule has 1 atom stereocenters. The molecule has 5 rings (SSSR count). The summed E-state index contributed by atoms with van der Waals surface area (Å²) in [6.07, 6.45) is 1.28. The van der Waals surface area contributed by atoms with E-state index < -0.39 is 17.5 Å². The zero-order valence-corrected chi connectivity index (χ0v) is 20.3. The topological polar surface area (TPSA) is 95.6 Å². The van der Waals surface area contributed by atoms with E-state index in [9.17, 15) is 15.0 Å². The third-order valence-electron chi connectivity index (χ3n) is 7.05. The number of aliphatic hydroxyl groups is 1. The minimum Gasteiger partial charge on any atom is -0.481 e. The van der Waals surface area contributed by atoms with Crippen molar-refractivity contribution in [3.8, 4) is 22.5 Å². The average molecular weight is 483 g/mol. The maximum Gasteiger partial charge on any atom is 0.314 e. The Kier molecular flexibility index (Phi) is 6.72. The number of hydrogen-bond acceptors (Lipinski definition) is 5. The second-order valence-corrected chi connectivity index (χ2v) is 9.59. The van der Waals surface area contributed by atoms with Crippen LogP contribution < -0.4 is 5.32 Å². The van der Waals surface area contributed by atoms with Gasteiger partial charge in [-0.25, -0.2) is 0 Å². The van der Waals surface area contributed by atoms with Gasteiger partial charge in [-0.15, -0.1) is 0 Å². The number of nitrogens with zero attached hydrogens (tertiary/aromatic N) is 1. The van der Waals surface area contributed by atoms with Crippen LogP contribution in [-0.4, -0.2) is 34.0 Å². The lowest BCUT2D eigenvalue weighted by Crippen LogP contribution is -2.28. The number of aliphatic carboxylic acids is 1. The molecule has 184 valence electrons. The van der Waals surface area contributed by atoms with Gasteiger partial charge in [0.1, 0.15) is 0 Å². The first-order chi connectivity index (χ1) is 17.5. The predicted octanol–water partition coefficient (Wildman–Crippen LogP) is 5.13. The van der Waals surface area contributed by atoms with Crippen molar-refractivity contribution in [1.29, 1.82) is 0 Å². The van der Waals surface area contributed by atoms with Gasteiger partial charge >= 0.3 is 5.97 Å². The number of nitrogens with one attached hydrogen (secondary N) is 1. The largest absolute Gasteiger partial charge is 0.481 e. The molecule has 1 unspecified atom stereocenters. The number of aromatic nitrogens is 1. The SMILES string of the molecule is Cc1noc(-c2ccc(-c3ccc(C4(C(=O)O)CC4)cc3)cc2)c1CC(O)CNCc1ccccc1. The summed E-state index contributed by atoms with van der Waals surface area (Å²) in [5.41, 5.74) is 6.00. The van der Waals surface area contributed by atoms with E-state index in [1.807, 2.05) is 73.7 Å². The van der Waals surface area contributed by atoms with Crippen molar-refractivity contribution in [3.63, 3.8) is 0 Å². The van der Waals surface area contributed by atoms with Crippen LogP contribution in [-0.2, 0) is 23.2 Å². The van der Waals surface area contributed by atoms with Gasteiger partial charge in [0.15, 0.2) is 5.76 Å². The molecule has 4 aromatic rings. The number of carboxylic acids is 1. The number of carboxylic acid groups (broad SMARTS) is 1. The number of hydrogen-bond donors (Lipinski definition) is 3. The Hall–Kier alpha value is -3.74. The summed E-state index contributed by atoms with van der Waals surface area (Å²) in [5.74, 6) is -0.0662. The Morgan fingerprint density at radius 2 is 1.58 bits per heavy atom. The second kappa shape index (κ2) is 10.1. The fourth-order valence-electron chi connectivity index (χ4n) is 4.69. The third-order valence-corrected chi connectivity index (χ3v) is 7.05. The van der Waals surface area contributed by atoms with Crippen LogP contribution in [0.1, 0.15) is 35.2 Å². The second-order valence-electron chi connectivity index (χ2n) is 9.59. The molecule has 6 heteroatoms. The van der Waals surface area contributed by atoms with Gasteiger partial charge in [0.05, 0.1) is 17.2 Å². The minimum absolute atomic E-state index is 0.445. The molecule has 0 amide bonds. The van der Waals surface area contributed by atoms with Crippen LogP contribution in [0, 0.1) is 6.92 Å². The van der Waals surface area contributed by atoms with E-state index in [4.69, 9.17) is 4.52 Å². The highest BCUT2D eigenvalue weighted by atomic mass is 16.5. The van der Waals surface area contributed by atoms with E-state index in [2.05, 4.69) is 22.6 Å².